The summed E-state index contributed by atoms with van der Waals surface area (Å²) in [6, 6.07) is 4.65. The van der Waals surface area contributed by atoms with E-state index >= 15 is 0 Å². The summed E-state index contributed by atoms with van der Waals surface area (Å²) in [6.07, 6.45) is 0.510. The monoisotopic (exact) mass is 303 g/mol. The zero-order valence-electron chi connectivity index (χ0n) is 11.3. The van der Waals surface area contributed by atoms with E-state index in [1.807, 2.05) is 20.8 Å². The number of rotatable bonds is 4. The second kappa shape index (κ2) is 6.60. The molecule has 0 spiro atoms. The molecular weight excluding hydrogens is 285 g/mol. The third-order valence-corrected chi connectivity index (χ3v) is 3.69. The number of aliphatic hydroxyl groups excluding tert-OH is 1. The van der Waals surface area contributed by atoms with Gasteiger partial charge in [0.25, 0.3) is 5.91 Å². The van der Waals surface area contributed by atoms with Crippen molar-refractivity contribution in [3.05, 3.63) is 33.8 Å². The van der Waals surface area contributed by atoms with Crippen LogP contribution in [0.2, 0.25) is 10.0 Å². The molecular formula is C14H19Cl2NO2. The second-order valence-corrected chi connectivity index (χ2v) is 6.35. The fourth-order valence-corrected chi connectivity index (χ4v) is 2.03. The highest BCUT2D eigenvalue weighted by atomic mass is 35.5. The van der Waals surface area contributed by atoms with Crippen LogP contribution in [-0.2, 0) is 0 Å². The van der Waals surface area contributed by atoms with Gasteiger partial charge in [0.2, 0.25) is 0 Å². The molecule has 0 radical (unpaired) electrons. The molecule has 0 aliphatic carbocycles. The van der Waals surface area contributed by atoms with E-state index in [0.29, 0.717) is 22.0 Å². The van der Waals surface area contributed by atoms with Crippen molar-refractivity contribution in [2.75, 3.05) is 6.61 Å². The summed E-state index contributed by atoms with van der Waals surface area (Å²) in [5.74, 6) is -0.216. The van der Waals surface area contributed by atoms with Gasteiger partial charge < -0.3 is 10.4 Å². The number of halogens is 2. The van der Waals surface area contributed by atoms with Gasteiger partial charge in [-0.25, -0.2) is 0 Å². The van der Waals surface area contributed by atoms with Crippen LogP contribution >= 0.6 is 23.2 Å². The van der Waals surface area contributed by atoms with Crippen LogP contribution in [0.3, 0.4) is 0 Å². The molecule has 0 fully saturated rings. The predicted molar refractivity (Wildman–Crippen MR) is 78.9 cm³/mol. The summed E-state index contributed by atoms with van der Waals surface area (Å²) in [6.45, 7) is 6.08. The molecule has 3 nitrogen and oxygen atoms in total. The molecule has 1 amide bonds. The van der Waals surface area contributed by atoms with Crippen molar-refractivity contribution in [3.63, 3.8) is 0 Å². The van der Waals surface area contributed by atoms with Crippen LogP contribution in [0.5, 0.6) is 0 Å². The Hall–Kier alpha value is -0.770. The van der Waals surface area contributed by atoms with E-state index in [9.17, 15) is 4.79 Å². The third kappa shape index (κ3) is 4.68. The van der Waals surface area contributed by atoms with Gasteiger partial charge in [0, 0.05) is 18.2 Å². The van der Waals surface area contributed by atoms with E-state index < -0.39 is 0 Å². The first-order chi connectivity index (χ1) is 8.75. The average Bonchev–Trinajstić information content (AvgIpc) is 2.30. The number of hydrogen-bond acceptors (Lipinski definition) is 2. The molecule has 1 unspecified atom stereocenters. The highest BCUT2D eigenvalue weighted by Gasteiger charge is 2.26. The Bertz CT molecular complexity index is 455. The Morgan fingerprint density at radius 1 is 1.32 bits per heavy atom. The number of carbonyl (C=O) groups is 1. The van der Waals surface area contributed by atoms with Crippen LogP contribution < -0.4 is 5.32 Å². The molecule has 106 valence electrons. The van der Waals surface area contributed by atoms with Crippen molar-refractivity contribution in [1.29, 1.82) is 0 Å². The summed E-state index contributed by atoms with van der Waals surface area (Å²) in [7, 11) is 0. The maximum atomic E-state index is 12.1. The lowest BCUT2D eigenvalue weighted by atomic mass is 9.85. The lowest BCUT2D eigenvalue weighted by molar-refractivity contribution is 0.0885. The molecule has 1 aromatic rings. The Morgan fingerprint density at radius 3 is 2.42 bits per heavy atom. The van der Waals surface area contributed by atoms with E-state index in [1.165, 1.54) is 6.07 Å². The molecule has 5 heteroatoms. The molecule has 0 aliphatic rings. The fourth-order valence-electron chi connectivity index (χ4n) is 1.73. The van der Waals surface area contributed by atoms with Gasteiger partial charge in [-0.05, 0) is 30.0 Å². The molecule has 1 aromatic carbocycles. The summed E-state index contributed by atoms with van der Waals surface area (Å²) in [4.78, 5) is 12.1. The van der Waals surface area contributed by atoms with Crippen molar-refractivity contribution < 1.29 is 9.90 Å². The minimum Gasteiger partial charge on any atom is -0.396 e. The summed E-state index contributed by atoms with van der Waals surface area (Å²) in [5.41, 5.74) is 0.329. The van der Waals surface area contributed by atoms with Crippen molar-refractivity contribution >= 4 is 29.1 Å². The van der Waals surface area contributed by atoms with Crippen molar-refractivity contribution in [2.45, 2.75) is 33.2 Å². The van der Waals surface area contributed by atoms with Crippen LogP contribution in [-0.4, -0.2) is 23.7 Å². The standard InChI is InChI=1S/C14H19Cl2NO2/c1-14(2,3)12(6-7-18)17-13(19)9-4-5-10(15)11(16)8-9/h4-5,8,12,18H,6-7H2,1-3H3,(H,17,19). The Kier molecular flexibility index (Phi) is 5.65. The van der Waals surface area contributed by atoms with Crippen molar-refractivity contribution in [3.8, 4) is 0 Å². The van der Waals surface area contributed by atoms with Gasteiger partial charge in [0.05, 0.1) is 10.0 Å². The number of amides is 1. The van der Waals surface area contributed by atoms with Crippen LogP contribution in [0.15, 0.2) is 18.2 Å². The zero-order chi connectivity index (χ0) is 14.6. The smallest absolute Gasteiger partial charge is 0.251 e. The largest absolute Gasteiger partial charge is 0.396 e. The average molecular weight is 304 g/mol. The Labute approximate surface area is 123 Å². The van der Waals surface area contributed by atoms with E-state index in [2.05, 4.69) is 5.32 Å². The Morgan fingerprint density at radius 2 is 1.95 bits per heavy atom. The number of carbonyl (C=O) groups excluding carboxylic acids is 1. The third-order valence-electron chi connectivity index (χ3n) is 2.95. The van der Waals surface area contributed by atoms with Crippen LogP contribution in [0.4, 0.5) is 0 Å². The summed E-state index contributed by atoms with van der Waals surface area (Å²) in [5, 5.41) is 12.8. The molecule has 0 aliphatic heterocycles. The molecule has 0 saturated heterocycles. The first kappa shape index (κ1) is 16.3. The first-order valence-electron chi connectivity index (χ1n) is 6.12. The number of hydrogen-bond donors (Lipinski definition) is 2. The van der Waals surface area contributed by atoms with Crippen LogP contribution in [0, 0.1) is 5.41 Å². The van der Waals surface area contributed by atoms with E-state index in [4.69, 9.17) is 28.3 Å². The minimum absolute atomic E-state index is 0.0313. The SMILES string of the molecule is CC(C)(C)C(CCO)NC(=O)c1ccc(Cl)c(Cl)c1. The van der Waals surface area contributed by atoms with Crippen molar-refractivity contribution in [2.24, 2.45) is 5.41 Å². The normalized spacial score (nSPS) is 13.2. The molecule has 0 aromatic heterocycles. The van der Waals surface area contributed by atoms with Crippen LogP contribution in [0.1, 0.15) is 37.6 Å². The van der Waals surface area contributed by atoms with Crippen molar-refractivity contribution in [1.82, 2.24) is 5.32 Å². The molecule has 2 N–H and O–H groups in total. The van der Waals surface area contributed by atoms with Gasteiger partial charge in [-0.1, -0.05) is 44.0 Å². The maximum absolute atomic E-state index is 12.1. The van der Waals surface area contributed by atoms with E-state index in [1.54, 1.807) is 12.1 Å². The summed E-state index contributed by atoms with van der Waals surface area (Å²) < 4.78 is 0. The van der Waals surface area contributed by atoms with Gasteiger partial charge in [0.15, 0.2) is 0 Å². The molecule has 0 saturated carbocycles. The van der Waals surface area contributed by atoms with Crippen LogP contribution in [0.25, 0.3) is 0 Å². The highest BCUT2D eigenvalue weighted by Crippen LogP contribution is 2.24. The van der Waals surface area contributed by atoms with E-state index in [0.717, 1.165) is 0 Å². The van der Waals surface area contributed by atoms with E-state index in [-0.39, 0.29) is 24.0 Å². The minimum atomic E-state index is -0.216. The molecule has 1 atom stereocenters. The number of aliphatic hydroxyl groups is 1. The predicted octanol–water partition coefficient (Wildman–Crippen LogP) is 3.52. The molecule has 0 bridgehead atoms. The fraction of sp³-hybridized carbons (Fsp3) is 0.500. The lowest BCUT2D eigenvalue weighted by Gasteiger charge is -2.31. The Balaban J connectivity index is 2.84. The lowest BCUT2D eigenvalue weighted by Crippen LogP contribution is -2.44. The quantitative estimate of drug-likeness (QED) is 0.894. The van der Waals surface area contributed by atoms with Gasteiger partial charge in [-0.15, -0.1) is 0 Å². The molecule has 1 rings (SSSR count). The number of nitrogens with one attached hydrogen (secondary N) is 1. The van der Waals surface area contributed by atoms with Gasteiger partial charge >= 0.3 is 0 Å². The molecule has 0 heterocycles. The summed E-state index contributed by atoms with van der Waals surface area (Å²) >= 11 is 11.7. The first-order valence-corrected chi connectivity index (χ1v) is 6.88. The maximum Gasteiger partial charge on any atom is 0.251 e. The highest BCUT2D eigenvalue weighted by molar-refractivity contribution is 6.42. The zero-order valence-corrected chi connectivity index (χ0v) is 12.8. The van der Waals surface area contributed by atoms with Gasteiger partial charge in [-0.3, -0.25) is 4.79 Å². The van der Waals surface area contributed by atoms with Gasteiger partial charge in [0.1, 0.15) is 0 Å². The van der Waals surface area contributed by atoms with Gasteiger partial charge in [-0.2, -0.15) is 0 Å². The second-order valence-electron chi connectivity index (χ2n) is 5.53. The topological polar surface area (TPSA) is 49.3 Å². The molecule has 19 heavy (non-hydrogen) atoms. The number of benzene rings is 1.